The Morgan fingerprint density at radius 3 is 0.682 bits per heavy atom. The smallest absolute Gasteiger partial charge is 0.261 e. The zero-order valence-corrected chi connectivity index (χ0v) is 18.8. The molecule has 2 bridgehead atoms. The van der Waals surface area contributed by atoms with Crippen LogP contribution in [0, 0.1) is 0 Å². The average Bonchev–Trinajstić information content (AvgIpc) is 2.61. The number of hydrogen-bond donors (Lipinski definition) is 0. The molecule has 0 spiro atoms. The van der Waals surface area contributed by atoms with E-state index in [1.165, 1.54) is 71.0 Å². The summed E-state index contributed by atoms with van der Waals surface area (Å²) in [6.07, 6.45) is 0. The van der Waals surface area contributed by atoms with Crippen molar-refractivity contribution in [3.05, 3.63) is 0 Å². The van der Waals surface area contributed by atoms with Gasteiger partial charge < -0.3 is 0 Å². The zero-order chi connectivity index (χ0) is 16.8. The van der Waals surface area contributed by atoms with Crippen LogP contribution in [0.4, 0.5) is 0 Å². The monoisotopic (exact) mass is 340 g/mol. The minimum Gasteiger partial charge on any atom is -0.300 e. The van der Waals surface area contributed by atoms with Gasteiger partial charge in [-0.1, -0.05) is 73.2 Å². The minimum absolute atomic E-state index is 0.171. The van der Waals surface area contributed by atoms with E-state index in [-0.39, 0.29) is 28.3 Å². The standard InChI is InChI=1S/C6H12N2.6C2H5.2Al/c1-2-8-5-3-7(1)4-6-8;6*1-2;;/h1-6H2;6*1H2,2H3;;. The van der Waals surface area contributed by atoms with Crippen molar-refractivity contribution >= 4 is 28.3 Å². The predicted octanol–water partition coefficient (Wildman–Crippen LogP) is 4.70. The van der Waals surface area contributed by atoms with Crippen LogP contribution in [0.5, 0.6) is 0 Å². The van der Waals surface area contributed by atoms with Gasteiger partial charge in [0.05, 0.1) is 0 Å². The fraction of sp³-hybridized carbons (Fsp3) is 1.00. The molecule has 0 saturated carbocycles. The van der Waals surface area contributed by atoms with Crippen LogP contribution in [-0.4, -0.2) is 77.4 Å². The summed E-state index contributed by atoms with van der Waals surface area (Å²) >= 11 is -0.343. The molecule has 0 aliphatic carbocycles. The van der Waals surface area contributed by atoms with Gasteiger partial charge in [0, 0.05) is 39.3 Å². The molecule has 3 aliphatic rings. The second-order valence-electron chi connectivity index (χ2n) is 6.86. The van der Waals surface area contributed by atoms with Gasteiger partial charge in [-0.3, -0.25) is 9.80 Å². The molecule has 3 heterocycles. The first kappa shape index (κ1) is 23.0. The number of nitrogens with zero attached hydrogens (tertiary/aromatic N) is 2. The molecule has 0 aromatic rings. The Bertz CT molecular complexity index is 177. The Labute approximate surface area is 150 Å². The lowest BCUT2D eigenvalue weighted by atomic mass is 10.2. The van der Waals surface area contributed by atoms with Crippen LogP contribution in [0.2, 0.25) is 31.7 Å². The molecule has 0 atom stereocenters. The van der Waals surface area contributed by atoms with Gasteiger partial charge in [0.15, 0.2) is 0 Å². The predicted molar refractivity (Wildman–Crippen MR) is 107 cm³/mol. The maximum atomic E-state index is 2.54. The summed E-state index contributed by atoms with van der Waals surface area (Å²) in [5.41, 5.74) is 0. The normalized spacial score (nSPS) is 22.1. The number of rotatable bonds is 6. The van der Waals surface area contributed by atoms with Gasteiger partial charge in [-0.15, -0.1) is 0 Å². The molecular weight excluding hydrogens is 298 g/mol. The Morgan fingerprint density at radius 2 is 0.636 bits per heavy atom. The minimum atomic E-state index is -0.171. The van der Waals surface area contributed by atoms with Gasteiger partial charge in [-0.2, -0.15) is 0 Å². The molecule has 0 amide bonds. The summed E-state index contributed by atoms with van der Waals surface area (Å²) in [5, 5.41) is 8.96. The first-order chi connectivity index (χ1) is 10.6. The summed E-state index contributed by atoms with van der Waals surface area (Å²) in [5.74, 6) is 0. The summed E-state index contributed by atoms with van der Waals surface area (Å²) in [6.45, 7) is 21.9. The van der Waals surface area contributed by atoms with E-state index in [2.05, 4.69) is 51.3 Å². The van der Waals surface area contributed by atoms with Crippen LogP contribution in [0.1, 0.15) is 41.5 Å². The van der Waals surface area contributed by atoms with E-state index in [9.17, 15) is 0 Å². The fourth-order valence-electron chi connectivity index (χ4n) is 3.25. The molecule has 3 saturated heterocycles. The van der Waals surface area contributed by atoms with E-state index in [0.29, 0.717) is 0 Å². The van der Waals surface area contributed by atoms with Crippen molar-refractivity contribution in [2.24, 2.45) is 0 Å². The van der Waals surface area contributed by atoms with Gasteiger partial charge in [-0.25, -0.2) is 0 Å². The van der Waals surface area contributed by atoms with Crippen LogP contribution >= 0.6 is 0 Å². The second-order valence-corrected chi connectivity index (χ2v) is 15.2. The molecule has 2 nitrogen and oxygen atoms in total. The highest BCUT2D eigenvalue weighted by Crippen LogP contribution is 2.07. The van der Waals surface area contributed by atoms with Crippen LogP contribution in [-0.2, 0) is 0 Å². The molecule has 3 aliphatic heterocycles. The summed E-state index contributed by atoms with van der Waals surface area (Å²) in [7, 11) is 0. The molecule has 4 heteroatoms. The molecule has 0 N–H and O–H groups in total. The van der Waals surface area contributed by atoms with Gasteiger partial charge in [0.25, 0.3) is 28.3 Å². The molecule has 130 valence electrons. The van der Waals surface area contributed by atoms with E-state index in [4.69, 9.17) is 0 Å². The highest BCUT2D eigenvalue weighted by atomic mass is 27.2. The van der Waals surface area contributed by atoms with Crippen LogP contribution < -0.4 is 0 Å². The number of fused-ring (bicyclic) bond motifs is 3. The third kappa shape index (κ3) is 10.7. The van der Waals surface area contributed by atoms with Gasteiger partial charge in [0.2, 0.25) is 0 Å². The maximum absolute atomic E-state index is 2.54. The maximum Gasteiger partial charge on any atom is 0.261 e. The number of piperazine rings is 3. The lowest BCUT2D eigenvalue weighted by Crippen LogP contribution is -2.55. The van der Waals surface area contributed by atoms with Crippen LogP contribution in [0.15, 0.2) is 0 Å². The third-order valence-corrected chi connectivity index (χ3v) is 12.6. The first-order valence-corrected chi connectivity index (χ1v) is 15.0. The Kier molecular flexibility index (Phi) is 16.2. The molecule has 3 rings (SSSR count). The van der Waals surface area contributed by atoms with Gasteiger partial charge in [-0.05, 0) is 0 Å². The van der Waals surface area contributed by atoms with Crippen molar-refractivity contribution in [2.75, 3.05) is 39.3 Å². The Balaban J connectivity index is 0.000000303. The SMILES string of the molecule is C1CN2CCN1CC2.C[CH2][Al]([CH2]C)[CH2]C.C[CH2][Al]([CH2]C)[CH2]C. The largest absolute Gasteiger partial charge is 0.300 e. The molecular formula is C18H42Al2N2. The Hall–Kier alpha value is 0.985. The molecule has 22 heavy (non-hydrogen) atoms. The van der Waals surface area contributed by atoms with Crippen LogP contribution in [0.25, 0.3) is 0 Å². The van der Waals surface area contributed by atoms with Crippen molar-refractivity contribution in [1.82, 2.24) is 9.80 Å². The summed E-state index contributed by atoms with van der Waals surface area (Å²) in [6, 6.07) is 0. The first-order valence-electron chi connectivity index (χ1n) is 10.1. The molecule has 0 radical (unpaired) electrons. The van der Waals surface area contributed by atoms with Crippen molar-refractivity contribution in [3.63, 3.8) is 0 Å². The highest BCUT2D eigenvalue weighted by Gasteiger charge is 2.21. The van der Waals surface area contributed by atoms with Gasteiger partial charge in [0.1, 0.15) is 0 Å². The van der Waals surface area contributed by atoms with Crippen LogP contribution in [0.3, 0.4) is 0 Å². The van der Waals surface area contributed by atoms with Crippen molar-refractivity contribution in [2.45, 2.75) is 73.2 Å². The van der Waals surface area contributed by atoms with Crippen molar-refractivity contribution < 1.29 is 0 Å². The van der Waals surface area contributed by atoms with E-state index in [0.717, 1.165) is 0 Å². The summed E-state index contributed by atoms with van der Waals surface area (Å²) in [4.78, 5) is 5.08. The Morgan fingerprint density at radius 1 is 0.455 bits per heavy atom. The lowest BCUT2D eigenvalue weighted by molar-refractivity contribution is 0.0647. The second kappa shape index (κ2) is 15.5. The highest BCUT2D eigenvalue weighted by molar-refractivity contribution is 6.58. The topological polar surface area (TPSA) is 6.48 Å². The molecule has 0 aromatic carbocycles. The summed E-state index contributed by atoms with van der Waals surface area (Å²) < 4.78 is 0. The average molecular weight is 341 g/mol. The third-order valence-electron chi connectivity index (χ3n) is 5.66. The fourth-order valence-corrected chi connectivity index (χ4v) is 6.72. The van der Waals surface area contributed by atoms with E-state index in [1.807, 2.05) is 0 Å². The quantitative estimate of drug-likeness (QED) is 0.647. The van der Waals surface area contributed by atoms with Crippen molar-refractivity contribution in [1.29, 1.82) is 0 Å². The van der Waals surface area contributed by atoms with E-state index in [1.54, 1.807) is 0 Å². The molecule has 0 aromatic heterocycles. The zero-order valence-electron chi connectivity index (χ0n) is 16.5. The van der Waals surface area contributed by atoms with Crippen molar-refractivity contribution in [3.8, 4) is 0 Å². The van der Waals surface area contributed by atoms with Gasteiger partial charge >= 0.3 is 0 Å². The van der Waals surface area contributed by atoms with E-state index < -0.39 is 0 Å². The molecule has 0 unspecified atom stereocenters. The van der Waals surface area contributed by atoms with E-state index >= 15 is 0 Å². The molecule has 3 fully saturated rings. The number of hydrogen-bond acceptors (Lipinski definition) is 2. The lowest BCUT2D eigenvalue weighted by Gasteiger charge is -2.41.